The van der Waals surface area contributed by atoms with Crippen LogP contribution in [0.3, 0.4) is 0 Å². The Morgan fingerprint density at radius 1 is 1.50 bits per heavy atom. The molecule has 1 aliphatic rings. The Labute approximate surface area is 90.5 Å². The Kier molecular flexibility index (Phi) is 2.80. The highest BCUT2D eigenvalue weighted by molar-refractivity contribution is 6.30. The summed E-state index contributed by atoms with van der Waals surface area (Å²) in [6.45, 7) is 5.50. The summed E-state index contributed by atoms with van der Waals surface area (Å²) < 4.78 is 0. The van der Waals surface area contributed by atoms with Gasteiger partial charge < -0.3 is 5.32 Å². The van der Waals surface area contributed by atoms with Gasteiger partial charge in [-0.05, 0) is 35.6 Å². The zero-order valence-corrected chi connectivity index (χ0v) is 9.43. The van der Waals surface area contributed by atoms with Crippen molar-refractivity contribution >= 4 is 11.6 Å². The van der Waals surface area contributed by atoms with Gasteiger partial charge in [-0.1, -0.05) is 31.5 Å². The summed E-state index contributed by atoms with van der Waals surface area (Å²) in [6.07, 6.45) is 1.19. The first-order valence-electron chi connectivity index (χ1n) is 5.18. The van der Waals surface area contributed by atoms with E-state index in [0.717, 1.165) is 17.5 Å². The molecule has 0 bridgehead atoms. The fourth-order valence-electron chi connectivity index (χ4n) is 2.08. The fraction of sp³-hybridized carbons (Fsp3) is 0.500. The van der Waals surface area contributed by atoms with Crippen LogP contribution in [-0.2, 0) is 6.54 Å². The van der Waals surface area contributed by atoms with Crippen LogP contribution in [0.2, 0.25) is 5.02 Å². The number of hydrogen-bond acceptors (Lipinski definition) is 1. The van der Waals surface area contributed by atoms with Gasteiger partial charge in [0.1, 0.15) is 0 Å². The molecular weight excluding hydrogens is 194 g/mol. The standard InChI is InChI=1S/C12H16ClN/c1-8(2)5-12-11-6-10(13)4-3-9(11)7-14-12/h3-4,6,8,12,14H,5,7H2,1-2H3. The summed E-state index contributed by atoms with van der Waals surface area (Å²) in [5, 5.41) is 4.37. The molecule has 0 fully saturated rings. The average Bonchev–Trinajstić information content (AvgIpc) is 2.47. The summed E-state index contributed by atoms with van der Waals surface area (Å²) in [7, 11) is 0. The first-order valence-corrected chi connectivity index (χ1v) is 5.56. The number of rotatable bonds is 2. The number of fused-ring (bicyclic) bond motifs is 1. The van der Waals surface area contributed by atoms with Crippen molar-refractivity contribution in [2.75, 3.05) is 0 Å². The van der Waals surface area contributed by atoms with Crippen molar-refractivity contribution in [1.82, 2.24) is 5.32 Å². The molecule has 1 aromatic rings. The fourth-order valence-corrected chi connectivity index (χ4v) is 2.26. The van der Waals surface area contributed by atoms with Gasteiger partial charge in [-0.2, -0.15) is 0 Å². The third-order valence-electron chi connectivity index (χ3n) is 2.73. The highest BCUT2D eigenvalue weighted by Gasteiger charge is 2.22. The first-order chi connectivity index (χ1) is 6.66. The maximum Gasteiger partial charge on any atom is 0.0409 e. The van der Waals surface area contributed by atoms with E-state index in [1.54, 1.807) is 0 Å². The normalized spacial score (nSPS) is 20.1. The number of nitrogens with one attached hydrogen (secondary N) is 1. The highest BCUT2D eigenvalue weighted by atomic mass is 35.5. The maximum atomic E-state index is 6.00. The van der Waals surface area contributed by atoms with E-state index >= 15 is 0 Å². The van der Waals surface area contributed by atoms with E-state index in [1.165, 1.54) is 17.5 Å². The molecule has 0 saturated carbocycles. The molecular formula is C12H16ClN. The highest BCUT2D eigenvalue weighted by Crippen LogP contribution is 2.31. The van der Waals surface area contributed by atoms with E-state index in [9.17, 15) is 0 Å². The molecule has 0 amide bonds. The lowest BCUT2D eigenvalue weighted by molar-refractivity contribution is 0.455. The van der Waals surface area contributed by atoms with Gasteiger partial charge in [0.15, 0.2) is 0 Å². The van der Waals surface area contributed by atoms with E-state index in [4.69, 9.17) is 11.6 Å². The van der Waals surface area contributed by atoms with Crippen LogP contribution in [0.15, 0.2) is 18.2 Å². The van der Waals surface area contributed by atoms with E-state index in [1.807, 2.05) is 6.07 Å². The van der Waals surface area contributed by atoms with Gasteiger partial charge in [-0.25, -0.2) is 0 Å². The third kappa shape index (κ3) is 1.94. The van der Waals surface area contributed by atoms with Gasteiger partial charge in [-0.15, -0.1) is 0 Å². The van der Waals surface area contributed by atoms with Crippen molar-refractivity contribution in [3.05, 3.63) is 34.3 Å². The Morgan fingerprint density at radius 2 is 2.29 bits per heavy atom. The van der Waals surface area contributed by atoms with Crippen molar-refractivity contribution in [3.8, 4) is 0 Å². The SMILES string of the molecule is CC(C)CC1NCc2ccc(Cl)cc21. The summed E-state index contributed by atoms with van der Waals surface area (Å²) >= 11 is 6.00. The van der Waals surface area contributed by atoms with Crippen molar-refractivity contribution in [2.45, 2.75) is 32.9 Å². The largest absolute Gasteiger partial charge is 0.306 e. The molecule has 1 atom stereocenters. The molecule has 1 nitrogen and oxygen atoms in total. The average molecular weight is 210 g/mol. The van der Waals surface area contributed by atoms with Crippen LogP contribution in [0.5, 0.6) is 0 Å². The summed E-state index contributed by atoms with van der Waals surface area (Å²) in [5.74, 6) is 0.720. The van der Waals surface area contributed by atoms with Crippen molar-refractivity contribution in [1.29, 1.82) is 0 Å². The molecule has 0 saturated heterocycles. The number of hydrogen-bond donors (Lipinski definition) is 1. The van der Waals surface area contributed by atoms with Crippen molar-refractivity contribution in [3.63, 3.8) is 0 Å². The molecule has 1 heterocycles. The predicted molar refractivity (Wildman–Crippen MR) is 60.5 cm³/mol. The minimum absolute atomic E-state index is 0.503. The molecule has 0 radical (unpaired) electrons. The smallest absolute Gasteiger partial charge is 0.0409 e. The molecule has 0 spiro atoms. The molecule has 76 valence electrons. The Hall–Kier alpha value is -0.530. The van der Waals surface area contributed by atoms with Crippen LogP contribution in [0, 0.1) is 5.92 Å². The first kappa shape index (κ1) is 10.0. The second-order valence-electron chi connectivity index (χ2n) is 4.41. The van der Waals surface area contributed by atoms with Crippen LogP contribution >= 0.6 is 11.6 Å². The summed E-state index contributed by atoms with van der Waals surface area (Å²) in [4.78, 5) is 0. The molecule has 1 aromatic carbocycles. The van der Waals surface area contributed by atoms with Crippen LogP contribution in [-0.4, -0.2) is 0 Å². The second kappa shape index (κ2) is 3.92. The number of benzene rings is 1. The molecule has 1 unspecified atom stereocenters. The zero-order chi connectivity index (χ0) is 10.1. The Bertz CT molecular complexity index is 333. The Balaban J connectivity index is 2.24. The van der Waals surface area contributed by atoms with Crippen molar-refractivity contribution < 1.29 is 0 Å². The van der Waals surface area contributed by atoms with Gasteiger partial charge in [-0.3, -0.25) is 0 Å². The Morgan fingerprint density at radius 3 is 3.00 bits per heavy atom. The molecule has 0 aromatic heterocycles. The molecule has 2 rings (SSSR count). The van der Waals surface area contributed by atoms with Crippen LogP contribution < -0.4 is 5.32 Å². The van der Waals surface area contributed by atoms with Gasteiger partial charge >= 0.3 is 0 Å². The van der Waals surface area contributed by atoms with Crippen LogP contribution in [0.1, 0.15) is 37.4 Å². The molecule has 14 heavy (non-hydrogen) atoms. The van der Waals surface area contributed by atoms with Crippen molar-refractivity contribution in [2.24, 2.45) is 5.92 Å². The molecule has 1 N–H and O–H groups in total. The summed E-state index contributed by atoms with van der Waals surface area (Å²) in [5.41, 5.74) is 2.80. The minimum atomic E-state index is 0.503. The predicted octanol–water partition coefficient (Wildman–Crippen LogP) is 3.53. The lowest BCUT2D eigenvalue weighted by Gasteiger charge is -2.14. The third-order valence-corrected chi connectivity index (χ3v) is 2.96. The van der Waals surface area contributed by atoms with E-state index in [-0.39, 0.29) is 0 Å². The van der Waals surface area contributed by atoms with Gasteiger partial charge in [0.25, 0.3) is 0 Å². The van der Waals surface area contributed by atoms with Crippen LogP contribution in [0.25, 0.3) is 0 Å². The van der Waals surface area contributed by atoms with E-state index < -0.39 is 0 Å². The van der Waals surface area contributed by atoms with E-state index in [2.05, 4.69) is 31.3 Å². The lowest BCUT2D eigenvalue weighted by atomic mass is 9.97. The van der Waals surface area contributed by atoms with E-state index in [0.29, 0.717) is 6.04 Å². The molecule has 2 heteroatoms. The second-order valence-corrected chi connectivity index (χ2v) is 4.84. The van der Waals surface area contributed by atoms with Gasteiger partial charge in [0, 0.05) is 17.6 Å². The summed E-state index contributed by atoms with van der Waals surface area (Å²) in [6, 6.07) is 6.71. The van der Waals surface area contributed by atoms with Gasteiger partial charge in [0.05, 0.1) is 0 Å². The maximum absolute atomic E-state index is 6.00. The minimum Gasteiger partial charge on any atom is -0.306 e. The molecule has 0 aliphatic carbocycles. The number of halogens is 1. The monoisotopic (exact) mass is 209 g/mol. The zero-order valence-electron chi connectivity index (χ0n) is 8.68. The molecule has 1 aliphatic heterocycles. The quantitative estimate of drug-likeness (QED) is 0.786. The lowest BCUT2D eigenvalue weighted by Crippen LogP contribution is -2.14. The van der Waals surface area contributed by atoms with Gasteiger partial charge in [0.2, 0.25) is 0 Å². The topological polar surface area (TPSA) is 12.0 Å². The van der Waals surface area contributed by atoms with Crippen LogP contribution in [0.4, 0.5) is 0 Å².